The molecule has 0 fully saturated rings. The van der Waals surface area contributed by atoms with Gasteiger partial charge in [0, 0.05) is 52.9 Å². The van der Waals surface area contributed by atoms with E-state index in [2.05, 4.69) is 59.5 Å². The predicted molar refractivity (Wildman–Crippen MR) is 320 cm³/mol. The molecule has 0 atom stereocenters. The molecule has 9 heteroatoms. The van der Waals surface area contributed by atoms with Gasteiger partial charge in [-0.3, -0.25) is 14.5 Å². The Hall–Kier alpha value is -1.55. The fraction of sp³-hybridized carbons (Fsp3) is 0.953. The van der Waals surface area contributed by atoms with Crippen molar-refractivity contribution in [2.45, 2.75) is 304 Å². The zero-order valence-corrected chi connectivity index (χ0v) is 50.5. The van der Waals surface area contributed by atoms with Crippen LogP contribution < -0.4 is 5.32 Å². The van der Waals surface area contributed by atoms with Gasteiger partial charge in [0.25, 0.3) is 0 Å². The van der Waals surface area contributed by atoms with E-state index in [1.54, 1.807) is 7.11 Å². The van der Waals surface area contributed by atoms with E-state index in [4.69, 9.17) is 4.74 Å². The Balaban J connectivity index is 0. The summed E-state index contributed by atoms with van der Waals surface area (Å²) in [6.07, 6.45) is 55.9. The Labute approximate surface area is 457 Å². The summed E-state index contributed by atoms with van der Waals surface area (Å²) < 4.78 is 4.84. The van der Waals surface area contributed by atoms with Crippen molar-refractivity contribution in [3.8, 4) is 0 Å². The maximum atomic E-state index is 14.3. The van der Waals surface area contributed by atoms with Gasteiger partial charge in [0.15, 0.2) is 0 Å². The lowest BCUT2D eigenvalue weighted by molar-refractivity contribution is -0.132. The largest absolute Gasteiger partial charge is 0.385 e. The minimum absolute atomic E-state index is 0.225. The van der Waals surface area contributed by atoms with Gasteiger partial charge < -0.3 is 29.5 Å². The molecule has 1 N–H and O–H groups in total. The summed E-state index contributed by atoms with van der Waals surface area (Å²) in [6.45, 7) is 23.2. The molecule has 0 aromatic carbocycles. The summed E-state index contributed by atoms with van der Waals surface area (Å²) in [6, 6.07) is 0. The predicted octanol–water partition coefficient (Wildman–Crippen LogP) is 16.8. The molecular weight excluding hydrogens is 903 g/mol. The molecule has 2 amide bonds. The number of nitrogens with zero attached hydrogens (tertiary/aromatic N) is 4. The normalized spacial score (nSPS) is 11.5. The van der Waals surface area contributed by atoms with E-state index in [1.807, 2.05) is 0 Å². The first-order valence-corrected chi connectivity index (χ1v) is 32.5. The van der Waals surface area contributed by atoms with Crippen molar-refractivity contribution in [1.29, 1.82) is 0 Å². The second-order valence-corrected chi connectivity index (χ2v) is 22.1. The van der Waals surface area contributed by atoms with Crippen LogP contribution in [0.2, 0.25) is 0 Å². The zero-order chi connectivity index (χ0) is 53.6. The second-order valence-electron chi connectivity index (χ2n) is 22.1. The van der Waals surface area contributed by atoms with Crippen molar-refractivity contribution < 1.29 is 19.1 Å². The van der Waals surface area contributed by atoms with Crippen LogP contribution in [0.25, 0.3) is 0 Å². The second kappa shape index (κ2) is 64.7. The van der Waals surface area contributed by atoms with Crippen LogP contribution in [0.1, 0.15) is 304 Å². The topological polar surface area (TPSA) is 85.4 Å². The van der Waals surface area contributed by atoms with Crippen molar-refractivity contribution in [2.75, 3.05) is 92.3 Å². The van der Waals surface area contributed by atoms with Gasteiger partial charge in [-0.25, -0.2) is 0 Å². The van der Waals surface area contributed by atoms with Crippen LogP contribution in [0.4, 0.5) is 0 Å². The SMILES string of the molecule is CCCCCCCCCCCCCCN(CCCCCCCC=O)CCCN(CCNC=O)C(=O)CN(CCCCCCCCC)CCN(CCCCCCCC)CCCCCCCCC.CCCCCOC. The van der Waals surface area contributed by atoms with Gasteiger partial charge in [0.1, 0.15) is 6.29 Å². The molecule has 0 saturated heterocycles. The summed E-state index contributed by atoms with van der Waals surface area (Å²) in [5, 5.41) is 2.86. The van der Waals surface area contributed by atoms with Crippen molar-refractivity contribution in [3.63, 3.8) is 0 Å². The lowest BCUT2D eigenvalue weighted by Crippen LogP contribution is -2.46. The Kier molecular flexibility index (Phi) is 65.2. The number of nitrogens with one attached hydrogen (secondary N) is 1. The van der Waals surface area contributed by atoms with Gasteiger partial charge in [0.05, 0.1) is 6.54 Å². The lowest BCUT2D eigenvalue weighted by Gasteiger charge is -2.31. The number of hydrogen-bond donors (Lipinski definition) is 1. The van der Waals surface area contributed by atoms with E-state index in [1.165, 1.54) is 251 Å². The summed E-state index contributed by atoms with van der Waals surface area (Å²) in [4.78, 5) is 46.4. The van der Waals surface area contributed by atoms with E-state index >= 15 is 0 Å². The Morgan fingerprint density at radius 2 is 0.671 bits per heavy atom. The molecule has 0 saturated carbocycles. The molecule has 9 nitrogen and oxygen atoms in total. The molecule has 0 bridgehead atoms. The maximum absolute atomic E-state index is 14.3. The smallest absolute Gasteiger partial charge is 0.236 e. The van der Waals surface area contributed by atoms with Gasteiger partial charge in [-0.1, -0.05) is 247 Å². The molecule has 73 heavy (non-hydrogen) atoms. The van der Waals surface area contributed by atoms with Crippen LogP contribution in [0.5, 0.6) is 0 Å². The number of amides is 2. The zero-order valence-electron chi connectivity index (χ0n) is 50.5. The quantitative estimate of drug-likeness (QED) is 0.0480. The third kappa shape index (κ3) is 58.0. The van der Waals surface area contributed by atoms with E-state index < -0.39 is 0 Å². The van der Waals surface area contributed by atoms with Crippen molar-refractivity contribution in [3.05, 3.63) is 0 Å². The Morgan fingerprint density at radius 1 is 0.356 bits per heavy atom. The number of carbonyl (C=O) groups is 3. The minimum Gasteiger partial charge on any atom is -0.385 e. The van der Waals surface area contributed by atoms with Crippen molar-refractivity contribution >= 4 is 18.6 Å². The molecule has 0 unspecified atom stereocenters. The Morgan fingerprint density at radius 3 is 1.04 bits per heavy atom. The number of carbonyl (C=O) groups excluding carboxylic acids is 3. The molecule has 0 aliphatic rings. The minimum atomic E-state index is 0.225. The molecule has 0 heterocycles. The number of unbranched alkanes of at least 4 members (excludes halogenated alkanes) is 35. The van der Waals surface area contributed by atoms with Gasteiger partial charge in [0.2, 0.25) is 12.3 Å². The highest BCUT2D eigenvalue weighted by atomic mass is 16.5. The van der Waals surface area contributed by atoms with Crippen LogP contribution in [0.15, 0.2) is 0 Å². The number of ether oxygens (including phenoxy) is 1. The molecule has 0 radical (unpaired) electrons. The van der Waals surface area contributed by atoms with Gasteiger partial charge in [-0.2, -0.15) is 0 Å². The molecule has 436 valence electrons. The summed E-state index contributed by atoms with van der Waals surface area (Å²) in [7, 11) is 1.75. The molecule has 0 rings (SSSR count). The highest BCUT2D eigenvalue weighted by Gasteiger charge is 2.19. The first kappa shape index (κ1) is 73.5. The van der Waals surface area contributed by atoms with E-state index in [0.29, 0.717) is 26.1 Å². The highest BCUT2D eigenvalue weighted by molar-refractivity contribution is 5.78. The van der Waals surface area contributed by atoms with Gasteiger partial charge >= 0.3 is 0 Å². The van der Waals surface area contributed by atoms with E-state index in [9.17, 15) is 14.4 Å². The number of aldehydes is 1. The lowest BCUT2D eigenvalue weighted by atomic mass is 10.1. The van der Waals surface area contributed by atoms with E-state index in [-0.39, 0.29) is 5.91 Å². The van der Waals surface area contributed by atoms with Crippen molar-refractivity contribution in [1.82, 2.24) is 24.9 Å². The maximum Gasteiger partial charge on any atom is 0.236 e. The average Bonchev–Trinajstić information content (AvgIpc) is 3.39. The first-order chi connectivity index (χ1) is 36.0. The molecule has 0 aliphatic carbocycles. The monoisotopic (exact) mass is 1030 g/mol. The van der Waals surface area contributed by atoms with E-state index in [0.717, 1.165) is 90.8 Å². The molecule has 0 aromatic rings. The summed E-state index contributed by atoms with van der Waals surface area (Å²) >= 11 is 0. The summed E-state index contributed by atoms with van der Waals surface area (Å²) in [5.74, 6) is 0.225. The number of rotatable bonds is 61. The average molecular weight is 1030 g/mol. The third-order valence-electron chi connectivity index (χ3n) is 15.0. The van der Waals surface area contributed by atoms with Gasteiger partial charge in [-0.05, 0) is 90.6 Å². The molecule has 0 spiro atoms. The van der Waals surface area contributed by atoms with Crippen LogP contribution in [-0.2, 0) is 19.1 Å². The van der Waals surface area contributed by atoms with Gasteiger partial charge in [-0.15, -0.1) is 0 Å². The number of hydrogen-bond acceptors (Lipinski definition) is 7. The van der Waals surface area contributed by atoms with Crippen LogP contribution >= 0.6 is 0 Å². The van der Waals surface area contributed by atoms with Crippen molar-refractivity contribution in [2.24, 2.45) is 0 Å². The molecular formula is C64H131N5O4. The summed E-state index contributed by atoms with van der Waals surface area (Å²) in [5.41, 5.74) is 0. The molecule has 0 aromatic heterocycles. The third-order valence-corrected chi connectivity index (χ3v) is 15.0. The fourth-order valence-electron chi connectivity index (χ4n) is 10.1. The first-order valence-electron chi connectivity index (χ1n) is 32.5. The van der Waals surface area contributed by atoms with Crippen LogP contribution in [0, 0.1) is 0 Å². The van der Waals surface area contributed by atoms with Crippen LogP contribution in [-0.4, -0.2) is 130 Å². The number of methoxy groups -OCH3 is 1. The Bertz CT molecular complexity index is 1060. The fourth-order valence-corrected chi connectivity index (χ4v) is 10.1. The highest BCUT2D eigenvalue weighted by Crippen LogP contribution is 2.15. The van der Waals surface area contributed by atoms with Crippen LogP contribution in [0.3, 0.4) is 0 Å². The molecule has 0 aliphatic heterocycles. The standard InChI is InChI=1S/C58H117N5O3.C6H14O/c1-5-9-13-17-21-22-23-24-25-28-33-37-45-60(46-38-34-29-30-36-42-55-64)50-43-51-63(52-44-59-57-65)58(66)56-62(49-41-35-27-19-15-11-7-3)54-53-61(47-39-31-20-16-12-8-4)48-40-32-26-18-14-10-6-2;1-3-4-5-6-7-2/h55,57H,5-54,56H2,1-4H3,(H,59,65);3-6H2,1-2H3.